The zero-order chi connectivity index (χ0) is 45.6. The highest BCUT2D eigenvalue weighted by molar-refractivity contribution is 8.03. The van der Waals surface area contributed by atoms with Crippen molar-refractivity contribution in [1.82, 2.24) is 10.2 Å². The third kappa shape index (κ3) is 8.14. The van der Waals surface area contributed by atoms with E-state index < -0.39 is 0 Å². The molecular formula is C62H63N5S. The highest BCUT2D eigenvalue weighted by Crippen LogP contribution is 2.59. The Hall–Kier alpha value is -6.07. The standard InChI is InChI=1S/C62H63N5S/c1-40(50-37-45(41-20-7-2-8-21-41)34-35-47(50)42-22-9-3-10-23-42)36-53(62-65-60(43-24-11-4-12-25-43)64-61(66-62)44-26-13-5-14-27-44)59(63)49-31-19-33-56-58(49)52-38-51-48-30-17-18-32-54(48)67(46-28-15-6-16-29-46)55(51)39-57(52)68-56/h3-7,11,13,15-21,23-24,28,30-36,39,42,44,46,48,50,52,54,61H,2,8-9,12,14,22,25-27,29,37-38,63H2,1H3,(H,64,65,66)/b40-36+,59-53+/t42?,44?,46?,48?,50?,52?,54-,61?/m0/s1. The zero-order valence-corrected chi connectivity index (χ0v) is 40.2. The first-order chi connectivity index (χ1) is 33.6. The number of benzene rings is 1. The van der Waals surface area contributed by atoms with Gasteiger partial charge in [0.1, 0.15) is 12.0 Å². The summed E-state index contributed by atoms with van der Waals surface area (Å²) in [7, 11) is 0. The lowest BCUT2D eigenvalue weighted by Gasteiger charge is -2.36. The molecule has 6 heteroatoms. The molecule has 3 N–H and O–H groups in total. The van der Waals surface area contributed by atoms with Gasteiger partial charge in [-0.3, -0.25) is 0 Å². The van der Waals surface area contributed by atoms with E-state index in [2.05, 4.69) is 175 Å². The Morgan fingerprint density at radius 3 is 2.65 bits per heavy atom. The van der Waals surface area contributed by atoms with Gasteiger partial charge in [-0.15, -0.1) is 5.73 Å². The van der Waals surface area contributed by atoms with Crippen LogP contribution in [-0.4, -0.2) is 34.8 Å². The largest absolute Gasteiger partial charge is 0.398 e. The fraction of sp³-hybridized carbons (Fsp3) is 0.339. The summed E-state index contributed by atoms with van der Waals surface area (Å²) in [5.74, 6) is 3.20. The second-order valence-corrected chi connectivity index (χ2v) is 21.4. The van der Waals surface area contributed by atoms with E-state index in [1.807, 2.05) is 11.8 Å². The quantitative estimate of drug-likeness (QED) is 0.147. The van der Waals surface area contributed by atoms with Gasteiger partial charge in [-0.2, -0.15) is 0 Å². The number of nitrogens with zero attached hydrogens (tertiary/aromatic N) is 3. The van der Waals surface area contributed by atoms with E-state index >= 15 is 0 Å². The van der Waals surface area contributed by atoms with Crippen molar-refractivity contribution in [2.75, 3.05) is 0 Å². The van der Waals surface area contributed by atoms with E-state index in [1.165, 1.54) is 48.9 Å². The molecule has 0 radical (unpaired) electrons. The van der Waals surface area contributed by atoms with Crippen LogP contribution < -0.4 is 11.1 Å². The van der Waals surface area contributed by atoms with Crippen molar-refractivity contribution in [3.05, 3.63) is 218 Å². The molecule has 0 saturated heterocycles. The first kappa shape index (κ1) is 43.2. The molecule has 0 amide bonds. The first-order valence-electron chi connectivity index (χ1n) is 25.6. The third-order valence-corrected chi connectivity index (χ3v) is 17.4. The van der Waals surface area contributed by atoms with Crippen LogP contribution in [0.15, 0.2) is 222 Å². The van der Waals surface area contributed by atoms with E-state index in [4.69, 9.17) is 15.7 Å². The van der Waals surface area contributed by atoms with Crippen molar-refractivity contribution in [3.63, 3.8) is 0 Å². The molecule has 12 rings (SSSR count). The van der Waals surface area contributed by atoms with Gasteiger partial charge >= 0.3 is 0 Å². The average Bonchev–Trinajstić information content (AvgIpc) is 3.95. The maximum absolute atomic E-state index is 7.92. The summed E-state index contributed by atoms with van der Waals surface area (Å²) >= 11 is 1.95. The van der Waals surface area contributed by atoms with Crippen LogP contribution in [0.5, 0.6) is 0 Å². The van der Waals surface area contributed by atoms with Crippen molar-refractivity contribution in [3.8, 4) is 0 Å². The highest BCUT2D eigenvalue weighted by atomic mass is 32.2. The lowest BCUT2D eigenvalue weighted by atomic mass is 9.73. The molecular weight excluding hydrogens is 847 g/mol. The predicted molar refractivity (Wildman–Crippen MR) is 285 cm³/mol. The number of hydrogen-bond acceptors (Lipinski definition) is 6. The molecule has 0 saturated carbocycles. The van der Waals surface area contributed by atoms with Crippen molar-refractivity contribution >= 4 is 29.1 Å². The van der Waals surface area contributed by atoms with Crippen molar-refractivity contribution in [1.29, 1.82) is 0 Å². The molecule has 5 nitrogen and oxygen atoms in total. The van der Waals surface area contributed by atoms with Gasteiger partial charge in [0.15, 0.2) is 5.84 Å². The second kappa shape index (κ2) is 18.8. The SMILES string of the molecule is C/C(=C\C(C1=NC(C2CC=CCC2)NC(C2=CC=CCC2)=N1)=C(/N)c1cccc2c1C1CC3=C(C=C1S2)N(C1C=CC=CC1)[C@H]1C=CC=CC31)C1CC(C2=CCCC=C2)=CC=C1C1C=C=CCC1. The van der Waals surface area contributed by atoms with Gasteiger partial charge < -0.3 is 16.0 Å². The number of aliphatic imine (C=N–C) groups is 2. The van der Waals surface area contributed by atoms with Crippen molar-refractivity contribution < 1.29 is 0 Å². The number of allylic oxidation sites excluding steroid dienone is 21. The minimum atomic E-state index is -0.102. The molecule has 7 unspecified atom stereocenters. The number of nitrogens with one attached hydrogen (secondary N) is 1. The maximum Gasteiger partial charge on any atom is 0.161 e. The average molecular weight is 910 g/mol. The first-order valence-corrected chi connectivity index (χ1v) is 26.4. The van der Waals surface area contributed by atoms with Gasteiger partial charge in [-0.1, -0.05) is 144 Å². The molecule has 1 aromatic carbocycles. The Bertz CT molecular complexity index is 2910. The van der Waals surface area contributed by atoms with E-state index in [1.54, 1.807) is 5.57 Å². The summed E-state index contributed by atoms with van der Waals surface area (Å²) in [6.07, 6.45) is 63.6. The Balaban J connectivity index is 0.995. The molecule has 342 valence electrons. The van der Waals surface area contributed by atoms with Crippen LogP contribution in [0.1, 0.15) is 101 Å². The second-order valence-electron chi connectivity index (χ2n) is 20.2. The molecule has 0 spiro atoms. The normalized spacial score (nSPS) is 31.4. The summed E-state index contributed by atoms with van der Waals surface area (Å²) in [6, 6.07) is 7.51. The third-order valence-electron chi connectivity index (χ3n) is 16.2. The zero-order valence-electron chi connectivity index (χ0n) is 39.4. The molecule has 3 heterocycles. The van der Waals surface area contributed by atoms with Crippen LogP contribution in [0.3, 0.4) is 0 Å². The van der Waals surface area contributed by atoms with E-state index in [0.717, 1.165) is 106 Å². The molecule has 3 aliphatic heterocycles. The van der Waals surface area contributed by atoms with Gasteiger partial charge in [-0.25, -0.2) is 9.98 Å². The van der Waals surface area contributed by atoms with Gasteiger partial charge in [0, 0.05) is 51.3 Å². The molecule has 68 heavy (non-hydrogen) atoms. The Morgan fingerprint density at radius 2 is 1.82 bits per heavy atom. The fourth-order valence-electron chi connectivity index (χ4n) is 12.6. The molecule has 8 atom stereocenters. The Labute approximate surface area is 408 Å². The minimum Gasteiger partial charge on any atom is -0.398 e. The molecule has 1 aromatic rings. The van der Waals surface area contributed by atoms with Crippen LogP contribution in [0, 0.1) is 23.7 Å². The highest BCUT2D eigenvalue weighted by Gasteiger charge is 2.46. The molecule has 0 aromatic heterocycles. The van der Waals surface area contributed by atoms with Crippen LogP contribution in [-0.2, 0) is 0 Å². The lowest BCUT2D eigenvalue weighted by Crippen LogP contribution is -2.44. The number of nitrogens with two attached hydrogens (primary N) is 1. The van der Waals surface area contributed by atoms with E-state index in [0.29, 0.717) is 29.8 Å². The van der Waals surface area contributed by atoms with Crippen molar-refractivity contribution in [2.24, 2.45) is 39.4 Å². The molecule has 0 bridgehead atoms. The van der Waals surface area contributed by atoms with Crippen LogP contribution in [0.4, 0.5) is 0 Å². The summed E-state index contributed by atoms with van der Waals surface area (Å²) < 4.78 is 0. The van der Waals surface area contributed by atoms with Crippen LogP contribution in [0.2, 0.25) is 0 Å². The maximum atomic E-state index is 7.92. The number of hydrogen-bond donors (Lipinski definition) is 2. The number of amidine groups is 2. The lowest BCUT2D eigenvalue weighted by molar-refractivity contribution is 0.257. The summed E-state index contributed by atoms with van der Waals surface area (Å²) in [5, 5.41) is 3.88. The summed E-state index contributed by atoms with van der Waals surface area (Å²) in [4.78, 5) is 16.6. The van der Waals surface area contributed by atoms with E-state index in [9.17, 15) is 0 Å². The molecule has 8 aliphatic carbocycles. The van der Waals surface area contributed by atoms with E-state index in [-0.39, 0.29) is 18.0 Å². The Morgan fingerprint density at radius 1 is 0.882 bits per heavy atom. The molecule has 0 fully saturated rings. The van der Waals surface area contributed by atoms with Gasteiger partial charge in [0.25, 0.3) is 0 Å². The minimum absolute atomic E-state index is 0.102. The van der Waals surface area contributed by atoms with Gasteiger partial charge in [-0.05, 0) is 147 Å². The summed E-state index contributed by atoms with van der Waals surface area (Å²) in [6.45, 7) is 2.35. The van der Waals surface area contributed by atoms with Gasteiger partial charge in [0.2, 0.25) is 0 Å². The number of fused-ring (bicyclic) bond motifs is 5. The predicted octanol–water partition coefficient (Wildman–Crippen LogP) is 14.0. The summed E-state index contributed by atoms with van der Waals surface area (Å²) in [5.41, 5.74) is 25.4. The number of rotatable bonds is 9. The molecule has 11 aliphatic rings. The van der Waals surface area contributed by atoms with Crippen LogP contribution >= 0.6 is 11.8 Å². The van der Waals surface area contributed by atoms with Crippen molar-refractivity contribution in [2.45, 2.75) is 113 Å². The number of thioether (sulfide) groups is 1. The van der Waals surface area contributed by atoms with Gasteiger partial charge in [0.05, 0.1) is 17.8 Å². The fourth-order valence-corrected chi connectivity index (χ4v) is 13.9. The topological polar surface area (TPSA) is 66.0 Å². The monoisotopic (exact) mass is 909 g/mol. The Kier molecular flexibility index (Phi) is 11.9. The van der Waals surface area contributed by atoms with Crippen LogP contribution in [0.25, 0.3) is 5.70 Å². The smallest absolute Gasteiger partial charge is 0.161 e.